The molecule has 11 nitrogen and oxygen atoms in total. The Morgan fingerprint density at radius 1 is 1.03 bits per heavy atom. The minimum Gasteiger partial charge on any atom is -0.441 e. The number of ether oxygens (including phenoxy) is 1. The number of carbonyl (C=O) groups excluding carboxylic acids is 2. The number of amides is 2. The van der Waals surface area contributed by atoms with Crippen molar-refractivity contribution in [3.8, 4) is 11.4 Å². The number of carbonyl (C=O) groups is 2. The molecular weight excluding hydrogens is 524 g/mol. The zero-order valence-electron chi connectivity index (χ0n) is 20.6. The summed E-state index contributed by atoms with van der Waals surface area (Å²) in [5.41, 5.74) is 0.0535. The topological polar surface area (TPSA) is 137 Å². The van der Waals surface area contributed by atoms with Crippen LogP contribution >= 0.6 is 0 Å². The van der Waals surface area contributed by atoms with Crippen molar-refractivity contribution < 1.29 is 31.9 Å². The fraction of sp³-hybridized carbons (Fsp3) is 0.208. The molecule has 0 aromatic carbocycles. The van der Waals surface area contributed by atoms with Crippen molar-refractivity contribution in [2.75, 3.05) is 10.6 Å². The van der Waals surface area contributed by atoms with E-state index >= 15 is 0 Å². The Balaban J connectivity index is 1.43. The maximum atomic E-state index is 13.9. The van der Waals surface area contributed by atoms with Gasteiger partial charge in [-0.1, -0.05) is 5.21 Å². The van der Waals surface area contributed by atoms with Gasteiger partial charge in [-0.25, -0.2) is 18.9 Å². The number of aryl methyl sites for hydroxylation is 1. The Morgan fingerprint density at radius 2 is 1.79 bits per heavy atom. The molecule has 4 heterocycles. The summed E-state index contributed by atoms with van der Waals surface area (Å²) < 4.78 is 60.3. The number of hydrogen-bond acceptors (Lipinski definition) is 8. The van der Waals surface area contributed by atoms with E-state index in [-0.39, 0.29) is 34.0 Å². The van der Waals surface area contributed by atoms with Crippen molar-refractivity contribution in [1.82, 2.24) is 29.9 Å². The average Bonchev–Trinajstić information content (AvgIpc) is 3.25. The van der Waals surface area contributed by atoms with Crippen LogP contribution < -0.4 is 10.6 Å². The molecule has 0 aliphatic heterocycles. The predicted octanol–water partition coefficient (Wildman–Crippen LogP) is 4.62. The van der Waals surface area contributed by atoms with Crippen molar-refractivity contribution in [1.29, 1.82) is 0 Å². The first-order chi connectivity index (χ1) is 18.4. The van der Waals surface area contributed by atoms with Gasteiger partial charge in [-0.15, -0.1) is 5.10 Å². The van der Waals surface area contributed by atoms with Gasteiger partial charge in [0.2, 0.25) is 5.95 Å². The second-order valence-corrected chi connectivity index (χ2v) is 8.32. The molecule has 202 valence electrons. The normalized spacial score (nSPS) is 12.1. The van der Waals surface area contributed by atoms with Gasteiger partial charge in [-0.2, -0.15) is 13.2 Å². The Morgan fingerprint density at radius 3 is 2.44 bits per heavy atom. The fourth-order valence-electron chi connectivity index (χ4n) is 3.34. The van der Waals surface area contributed by atoms with Crippen LogP contribution in [-0.4, -0.2) is 41.9 Å². The van der Waals surface area contributed by atoms with Gasteiger partial charge in [-0.05, 0) is 37.3 Å². The van der Waals surface area contributed by atoms with Crippen LogP contribution in [0.15, 0.2) is 48.9 Å². The molecule has 1 atom stereocenters. The number of nitrogens with zero attached hydrogens (tertiary/aromatic N) is 6. The third-order valence-electron chi connectivity index (χ3n) is 5.34. The monoisotopic (exact) mass is 544 g/mol. The smallest absolute Gasteiger partial charge is 0.413 e. The number of aromatic nitrogens is 6. The lowest BCUT2D eigenvalue weighted by atomic mass is 10.2. The standard InChI is InChI=1S/C24H20F4N8O3/c1-12(16-8-14(25)10-31-20(16)26)39-23(38)33-21-19(34-35-36(21)3)17-6-5-15(11-29-17)32-22(37)13-4-7-18(30-9-13)24(2,27)28/h4-12H,1-3H3,(H,32,37)(H,33,38)/t12-/m1/s1. The van der Waals surface area contributed by atoms with Gasteiger partial charge in [0.1, 0.15) is 17.6 Å². The van der Waals surface area contributed by atoms with Crippen molar-refractivity contribution in [3.05, 3.63) is 77.5 Å². The fourth-order valence-corrected chi connectivity index (χ4v) is 3.34. The van der Waals surface area contributed by atoms with Crippen molar-refractivity contribution >= 4 is 23.5 Å². The summed E-state index contributed by atoms with van der Waals surface area (Å²) in [5.74, 6) is -5.40. The molecule has 0 saturated carbocycles. The lowest BCUT2D eigenvalue weighted by Gasteiger charge is -2.15. The molecule has 0 fully saturated rings. The molecule has 4 rings (SSSR count). The zero-order chi connectivity index (χ0) is 28.3. The largest absolute Gasteiger partial charge is 0.441 e. The molecule has 0 radical (unpaired) electrons. The van der Waals surface area contributed by atoms with Gasteiger partial charge >= 0.3 is 6.09 Å². The summed E-state index contributed by atoms with van der Waals surface area (Å²) in [7, 11) is 1.49. The Labute approximate surface area is 218 Å². The van der Waals surface area contributed by atoms with Crippen LogP contribution in [-0.2, 0) is 17.7 Å². The number of anilines is 2. The van der Waals surface area contributed by atoms with Crippen molar-refractivity contribution in [3.63, 3.8) is 0 Å². The van der Waals surface area contributed by atoms with E-state index in [2.05, 4.69) is 35.9 Å². The number of halogens is 4. The van der Waals surface area contributed by atoms with E-state index in [0.717, 1.165) is 18.3 Å². The molecule has 39 heavy (non-hydrogen) atoms. The lowest BCUT2D eigenvalue weighted by Crippen LogP contribution is -2.19. The van der Waals surface area contributed by atoms with E-state index in [1.54, 1.807) is 0 Å². The molecule has 15 heteroatoms. The minimum atomic E-state index is -3.13. The zero-order valence-corrected chi connectivity index (χ0v) is 20.6. The van der Waals surface area contributed by atoms with Crippen molar-refractivity contribution in [2.45, 2.75) is 25.9 Å². The molecule has 4 aromatic rings. The van der Waals surface area contributed by atoms with E-state index in [1.807, 2.05) is 0 Å². The number of alkyl halides is 2. The third kappa shape index (κ3) is 6.31. The highest BCUT2D eigenvalue weighted by Crippen LogP contribution is 2.27. The van der Waals surface area contributed by atoms with E-state index in [0.29, 0.717) is 13.1 Å². The molecule has 0 unspecified atom stereocenters. The maximum absolute atomic E-state index is 13.9. The molecule has 2 amide bonds. The summed E-state index contributed by atoms with van der Waals surface area (Å²) in [6, 6.07) is 6.16. The van der Waals surface area contributed by atoms with Gasteiger partial charge in [0.15, 0.2) is 11.5 Å². The quantitative estimate of drug-likeness (QED) is 0.254. The number of hydrogen-bond donors (Lipinski definition) is 2. The van der Waals surface area contributed by atoms with Crippen LogP contribution in [0.4, 0.5) is 33.9 Å². The van der Waals surface area contributed by atoms with E-state index in [4.69, 9.17) is 4.74 Å². The highest BCUT2D eigenvalue weighted by atomic mass is 19.3. The van der Waals surface area contributed by atoms with Crippen LogP contribution in [0.25, 0.3) is 11.4 Å². The van der Waals surface area contributed by atoms with Gasteiger partial charge in [-0.3, -0.25) is 20.1 Å². The van der Waals surface area contributed by atoms with Crippen LogP contribution in [0.5, 0.6) is 0 Å². The first-order valence-corrected chi connectivity index (χ1v) is 11.2. The Hall–Kier alpha value is -4.95. The molecule has 4 aromatic heterocycles. The molecule has 2 N–H and O–H groups in total. The highest BCUT2D eigenvalue weighted by molar-refractivity contribution is 6.04. The summed E-state index contributed by atoms with van der Waals surface area (Å²) in [6.07, 6.45) is 0.896. The van der Waals surface area contributed by atoms with Crippen LogP contribution in [0.3, 0.4) is 0 Å². The number of rotatable bonds is 7. The second kappa shape index (κ2) is 10.8. The van der Waals surface area contributed by atoms with Crippen LogP contribution in [0.2, 0.25) is 0 Å². The summed E-state index contributed by atoms with van der Waals surface area (Å²) in [5, 5.41) is 12.8. The average molecular weight is 544 g/mol. The molecule has 0 aliphatic carbocycles. The molecule has 0 saturated heterocycles. The SMILES string of the molecule is C[C@@H](OC(=O)Nc1c(-c2ccc(NC(=O)c3ccc(C(C)(F)F)nc3)cn2)nnn1C)c1cc(F)cnc1F. The van der Waals surface area contributed by atoms with Crippen LogP contribution in [0.1, 0.15) is 41.6 Å². The molecular formula is C24H20F4N8O3. The van der Waals surface area contributed by atoms with E-state index in [1.165, 1.54) is 43.0 Å². The lowest BCUT2D eigenvalue weighted by molar-refractivity contribution is 0.0127. The van der Waals surface area contributed by atoms with Gasteiger partial charge in [0, 0.05) is 20.2 Å². The third-order valence-corrected chi connectivity index (χ3v) is 5.34. The highest BCUT2D eigenvalue weighted by Gasteiger charge is 2.26. The van der Waals surface area contributed by atoms with Crippen LogP contribution in [0, 0.1) is 11.8 Å². The summed E-state index contributed by atoms with van der Waals surface area (Å²) in [6.45, 7) is 2.05. The van der Waals surface area contributed by atoms with Gasteiger partial charge in [0.05, 0.1) is 34.9 Å². The first kappa shape index (κ1) is 27.1. The van der Waals surface area contributed by atoms with E-state index < -0.39 is 41.5 Å². The number of pyridine rings is 3. The molecule has 0 spiro atoms. The Bertz CT molecular complexity index is 1510. The second-order valence-electron chi connectivity index (χ2n) is 8.32. The predicted molar refractivity (Wildman–Crippen MR) is 129 cm³/mol. The van der Waals surface area contributed by atoms with Crippen molar-refractivity contribution in [2.24, 2.45) is 7.05 Å². The van der Waals surface area contributed by atoms with E-state index in [9.17, 15) is 27.2 Å². The van der Waals surface area contributed by atoms with Gasteiger partial charge in [0.25, 0.3) is 11.8 Å². The number of nitrogens with one attached hydrogen (secondary N) is 2. The summed E-state index contributed by atoms with van der Waals surface area (Å²) >= 11 is 0. The summed E-state index contributed by atoms with van der Waals surface area (Å²) in [4.78, 5) is 36.0. The molecule has 0 aliphatic rings. The Kier molecular flexibility index (Phi) is 7.51. The van der Waals surface area contributed by atoms with Gasteiger partial charge < -0.3 is 10.1 Å². The molecule has 0 bridgehead atoms. The first-order valence-electron chi connectivity index (χ1n) is 11.2. The minimum absolute atomic E-state index is 0.0640. The maximum Gasteiger partial charge on any atom is 0.413 e.